The third-order valence-electron chi connectivity index (χ3n) is 3.41. The minimum atomic E-state index is -1.33. The minimum absolute atomic E-state index is 0.247. The van der Waals surface area contributed by atoms with Crippen molar-refractivity contribution in [1.29, 1.82) is 0 Å². The van der Waals surface area contributed by atoms with Gasteiger partial charge in [-0.25, -0.2) is 4.79 Å². The number of rotatable bonds is 7. The average molecular weight is 340 g/mol. The molecule has 0 radical (unpaired) electrons. The second-order valence-electron chi connectivity index (χ2n) is 5.95. The third-order valence-corrected chi connectivity index (χ3v) is 3.41. The highest BCUT2D eigenvalue weighted by molar-refractivity contribution is 5.86. The summed E-state index contributed by atoms with van der Waals surface area (Å²) in [6.45, 7) is 2.58. The van der Waals surface area contributed by atoms with Gasteiger partial charge in [0.25, 0.3) is 5.91 Å². The maximum Gasteiger partial charge on any atom is 0.328 e. The Morgan fingerprint density at radius 3 is 2.20 bits per heavy atom. The first kappa shape index (κ1) is 18.2. The van der Waals surface area contributed by atoms with Gasteiger partial charge in [0.05, 0.1) is 0 Å². The second kappa shape index (κ2) is 8.10. The normalized spacial score (nSPS) is 11.3. The first-order valence-corrected chi connectivity index (χ1v) is 7.72. The summed E-state index contributed by atoms with van der Waals surface area (Å²) in [6, 6.07) is 11.1. The van der Waals surface area contributed by atoms with Gasteiger partial charge in [-0.1, -0.05) is 24.3 Å². The molecule has 130 valence electrons. The number of hydrogen-bond acceptors (Lipinski definition) is 4. The number of aromatic nitrogens is 1. The molecule has 0 saturated heterocycles. The van der Waals surface area contributed by atoms with Gasteiger partial charge in [-0.3, -0.25) is 9.78 Å². The monoisotopic (exact) mass is 340 g/mol. The number of nitrogens with zero attached hydrogens (tertiary/aromatic N) is 1. The molecule has 1 amide bonds. The van der Waals surface area contributed by atoms with Crippen LogP contribution in [-0.4, -0.2) is 34.1 Å². The lowest BCUT2D eigenvalue weighted by Crippen LogP contribution is -2.51. The van der Waals surface area contributed by atoms with Crippen LogP contribution in [-0.2, 0) is 9.59 Å². The van der Waals surface area contributed by atoms with E-state index in [1.54, 1.807) is 24.5 Å². The van der Waals surface area contributed by atoms with Crippen molar-refractivity contribution in [2.24, 2.45) is 0 Å². The van der Waals surface area contributed by atoms with Crippen molar-refractivity contribution in [3.8, 4) is 5.75 Å². The number of benzene rings is 1. The van der Waals surface area contributed by atoms with Crippen molar-refractivity contribution in [2.75, 3.05) is 6.61 Å². The Kier molecular flexibility index (Phi) is 5.89. The highest BCUT2D eigenvalue weighted by atomic mass is 16.5. The highest BCUT2D eigenvalue weighted by Gasteiger charge is 2.28. The molecule has 1 aromatic heterocycles. The Morgan fingerprint density at radius 1 is 1.08 bits per heavy atom. The molecule has 0 atom stereocenters. The van der Waals surface area contributed by atoms with Gasteiger partial charge in [0.2, 0.25) is 0 Å². The van der Waals surface area contributed by atoms with E-state index in [0.717, 1.165) is 11.1 Å². The van der Waals surface area contributed by atoms with E-state index in [1.807, 2.05) is 36.4 Å². The van der Waals surface area contributed by atoms with Crippen LogP contribution in [0.25, 0.3) is 12.2 Å². The molecule has 1 heterocycles. The Balaban J connectivity index is 1.87. The fraction of sp³-hybridized carbons (Fsp3) is 0.211. The SMILES string of the molecule is CC(C)(NC(=O)COc1ccc(/C=C/c2ccncc2)cc1)C(=O)O. The van der Waals surface area contributed by atoms with Crippen molar-refractivity contribution in [3.05, 3.63) is 59.9 Å². The van der Waals surface area contributed by atoms with Gasteiger partial charge < -0.3 is 15.2 Å². The molecule has 6 heteroatoms. The maximum atomic E-state index is 11.7. The average Bonchev–Trinajstić information content (AvgIpc) is 2.59. The number of carbonyl (C=O) groups is 2. The van der Waals surface area contributed by atoms with Crippen molar-refractivity contribution in [2.45, 2.75) is 19.4 Å². The van der Waals surface area contributed by atoms with Crippen molar-refractivity contribution >= 4 is 24.0 Å². The van der Waals surface area contributed by atoms with Crippen LogP contribution in [0.5, 0.6) is 5.75 Å². The minimum Gasteiger partial charge on any atom is -0.484 e. The van der Waals surface area contributed by atoms with Gasteiger partial charge in [-0.15, -0.1) is 0 Å². The van der Waals surface area contributed by atoms with E-state index in [1.165, 1.54) is 13.8 Å². The summed E-state index contributed by atoms with van der Waals surface area (Å²) in [5.74, 6) is -1.07. The summed E-state index contributed by atoms with van der Waals surface area (Å²) >= 11 is 0. The maximum absolute atomic E-state index is 11.7. The van der Waals surface area contributed by atoms with Gasteiger partial charge in [0, 0.05) is 12.4 Å². The fourth-order valence-corrected chi connectivity index (χ4v) is 1.93. The van der Waals surface area contributed by atoms with Crippen LogP contribution in [0.1, 0.15) is 25.0 Å². The standard InChI is InChI=1S/C19H20N2O4/c1-19(2,18(23)24)21-17(22)13-25-16-7-5-14(6-8-16)3-4-15-9-11-20-12-10-15/h3-12H,13H2,1-2H3,(H,21,22)(H,23,24)/b4-3+. The number of hydrogen-bond donors (Lipinski definition) is 2. The Labute approximate surface area is 146 Å². The summed E-state index contributed by atoms with van der Waals surface area (Å²) in [4.78, 5) is 26.7. The highest BCUT2D eigenvalue weighted by Crippen LogP contribution is 2.14. The predicted molar refractivity (Wildman–Crippen MR) is 95.0 cm³/mol. The second-order valence-corrected chi connectivity index (χ2v) is 5.95. The number of amides is 1. The van der Waals surface area contributed by atoms with E-state index >= 15 is 0 Å². The van der Waals surface area contributed by atoms with Gasteiger partial charge in [0.15, 0.2) is 6.61 Å². The van der Waals surface area contributed by atoms with Crippen LogP contribution in [0, 0.1) is 0 Å². The van der Waals surface area contributed by atoms with Crippen molar-refractivity contribution in [3.63, 3.8) is 0 Å². The number of nitrogens with one attached hydrogen (secondary N) is 1. The van der Waals surface area contributed by atoms with E-state index in [4.69, 9.17) is 9.84 Å². The number of carboxylic acid groups (broad SMARTS) is 1. The summed E-state index contributed by atoms with van der Waals surface area (Å²) in [6.07, 6.45) is 7.39. The van der Waals surface area contributed by atoms with Crippen molar-refractivity contribution in [1.82, 2.24) is 10.3 Å². The lowest BCUT2D eigenvalue weighted by molar-refractivity contribution is -0.146. The number of carboxylic acids is 1. The predicted octanol–water partition coefficient (Wildman–Crippen LogP) is 2.61. The van der Waals surface area contributed by atoms with Crippen LogP contribution in [0.15, 0.2) is 48.8 Å². The Bertz CT molecular complexity index is 753. The summed E-state index contributed by atoms with van der Waals surface area (Å²) in [7, 11) is 0. The molecule has 0 saturated carbocycles. The van der Waals surface area contributed by atoms with E-state index in [2.05, 4.69) is 10.3 Å². The Morgan fingerprint density at radius 2 is 1.64 bits per heavy atom. The molecule has 0 bridgehead atoms. The van der Waals surface area contributed by atoms with E-state index in [0.29, 0.717) is 5.75 Å². The molecule has 25 heavy (non-hydrogen) atoms. The zero-order valence-corrected chi connectivity index (χ0v) is 14.1. The zero-order chi connectivity index (χ0) is 18.3. The lowest BCUT2D eigenvalue weighted by atomic mass is 10.1. The number of ether oxygens (including phenoxy) is 1. The molecule has 0 spiro atoms. The van der Waals surface area contributed by atoms with Crippen molar-refractivity contribution < 1.29 is 19.4 Å². The van der Waals surface area contributed by atoms with Crippen LogP contribution in [0.4, 0.5) is 0 Å². The molecule has 0 aliphatic carbocycles. The molecule has 6 nitrogen and oxygen atoms in total. The van der Waals surface area contributed by atoms with Gasteiger partial charge in [-0.2, -0.15) is 0 Å². The molecule has 0 aliphatic rings. The molecule has 0 unspecified atom stereocenters. The summed E-state index contributed by atoms with van der Waals surface area (Å²) in [5, 5.41) is 11.4. The largest absolute Gasteiger partial charge is 0.484 e. The Hall–Kier alpha value is -3.15. The number of pyridine rings is 1. The molecular weight excluding hydrogens is 320 g/mol. The van der Waals surface area contributed by atoms with E-state index in [-0.39, 0.29) is 6.61 Å². The topological polar surface area (TPSA) is 88.5 Å². The van der Waals surface area contributed by atoms with Gasteiger partial charge in [0.1, 0.15) is 11.3 Å². The third kappa shape index (κ3) is 5.76. The number of aliphatic carboxylic acids is 1. The number of carbonyl (C=O) groups excluding carboxylic acids is 1. The zero-order valence-electron chi connectivity index (χ0n) is 14.1. The fourth-order valence-electron chi connectivity index (χ4n) is 1.93. The van der Waals surface area contributed by atoms with Crippen LogP contribution in [0.3, 0.4) is 0 Å². The lowest BCUT2D eigenvalue weighted by Gasteiger charge is -2.20. The van der Waals surface area contributed by atoms with E-state index < -0.39 is 17.4 Å². The molecule has 2 aromatic rings. The van der Waals surface area contributed by atoms with Crippen LogP contribution < -0.4 is 10.1 Å². The molecule has 0 fully saturated rings. The smallest absolute Gasteiger partial charge is 0.328 e. The quantitative estimate of drug-likeness (QED) is 0.809. The van der Waals surface area contributed by atoms with Crippen LogP contribution >= 0.6 is 0 Å². The molecule has 1 aromatic carbocycles. The molecule has 2 N–H and O–H groups in total. The molecule has 2 rings (SSSR count). The van der Waals surface area contributed by atoms with Gasteiger partial charge in [-0.05, 0) is 49.2 Å². The molecular formula is C19H20N2O4. The first-order chi connectivity index (χ1) is 11.9. The summed E-state index contributed by atoms with van der Waals surface area (Å²) < 4.78 is 5.37. The molecule has 0 aliphatic heterocycles. The summed E-state index contributed by atoms with van der Waals surface area (Å²) in [5.41, 5.74) is 0.705. The van der Waals surface area contributed by atoms with Gasteiger partial charge >= 0.3 is 5.97 Å². The first-order valence-electron chi connectivity index (χ1n) is 7.72. The van der Waals surface area contributed by atoms with E-state index in [9.17, 15) is 9.59 Å². The van der Waals surface area contributed by atoms with Crippen LogP contribution in [0.2, 0.25) is 0 Å².